The summed E-state index contributed by atoms with van der Waals surface area (Å²) in [7, 11) is 0. The largest absolute Gasteiger partial charge is 0.329 e. The van der Waals surface area contributed by atoms with E-state index < -0.39 is 0 Å². The van der Waals surface area contributed by atoms with Crippen molar-refractivity contribution in [2.24, 2.45) is 0 Å². The van der Waals surface area contributed by atoms with Crippen molar-refractivity contribution in [3.63, 3.8) is 0 Å². The molecule has 0 aliphatic heterocycles. The molecule has 0 radical (unpaired) electrons. The van der Waals surface area contributed by atoms with Gasteiger partial charge in [-0.2, -0.15) is 0 Å². The molecule has 0 unspecified atom stereocenters. The number of hydrogen-bond acceptors (Lipinski definition) is 2. The third kappa shape index (κ3) is 2.43. The van der Waals surface area contributed by atoms with Crippen LogP contribution >= 0.6 is 28.1 Å². The van der Waals surface area contributed by atoms with Crippen LogP contribution in [0.4, 0.5) is 0 Å². The normalized spacial score (nSPS) is 11.1. The molecular formula is C15H14BrN3S. The van der Waals surface area contributed by atoms with Crippen LogP contribution in [0.5, 0.6) is 0 Å². The molecule has 20 heavy (non-hydrogen) atoms. The van der Waals surface area contributed by atoms with Crippen LogP contribution in [-0.4, -0.2) is 14.5 Å². The predicted molar refractivity (Wildman–Crippen MR) is 87.9 cm³/mol. The molecule has 0 aliphatic carbocycles. The van der Waals surface area contributed by atoms with E-state index in [1.165, 1.54) is 5.56 Å². The highest BCUT2D eigenvalue weighted by Gasteiger charge is 2.08. The van der Waals surface area contributed by atoms with Crippen LogP contribution in [0.15, 0.2) is 41.0 Å². The molecule has 2 heterocycles. The number of nitrogens with zero attached hydrogens (tertiary/aromatic N) is 2. The van der Waals surface area contributed by atoms with Crippen LogP contribution in [0.1, 0.15) is 18.9 Å². The van der Waals surface area contributed by atoms with Crippen LogP contribution in [0.3, 0.4) is 0 Å². The lowest BCUT2D eigenvalue weighted by molar-refractivity contribution is 0.919. The summed E-state index contributed by atoms with van der Waals surface area (Å²) in [5, 5.41) is 0. The zero-order chi connectivity index (χ0) is 14.1. The van der Waals surface area contributed by atoms with Gasteiger partial charge in [0.2, 0.25) is 0 Å². The zero-order valence-electron chi connectivity index (χ0n) is 11.1. The summed E-state index contributed by atoms with van der Waals surface area (Å²) in [4.78, 5) is 7.65. The first kappa shape index (κ1) is 13.5. The summed E-state index contributed by atoms with van der Waals surface area (Å²) in [5.74, 6) is 0. The average molecular weight is 348 g/mol. The molecule has 0 aliphatic rings. The number of H-pyrrole nitrogens is 1. The van der Waals surface area contributed by atoms with E-state index in [4.69, 9.17) is 12.2 Å². The van der Waals surface area contributed by atoms with Gasteiger partial charge in [-0.05, 0) is 58.3 Å². The zero-order valence-corrected chi connectivity index (χ0v) is 13.5. The van der Waals surface area contributed by atoms with Gasteiger partial charge in [0, 0.05) is 16.4 Å². The Bertz CT molecular complexity index is 802. The van der Waals surface area contributed by atoms with Crippen molar-refractivity contribution < 1.29 is 0 Å². The number of pyridine rings is 1. The molecule has 0 amide bonds. The SMILES string of the molecule is CCCc1ccc(-n2c(=S)[nH]c3cc(Br)cnc32)cc1. The van der Waals surface area contributed by atoms with Gasteiger partial charge in [-0.3, -0.25) is 4.57 Å². The number of imidazole rings is 1. The molecule has 1 N–H and O–H groups in total. The van der Waals surface area contributed by atoms with Crippen LogP contribution in [0, 0.1) is 4.77 Å². The second kappa shape index (κ2) is 5.50. The van der Waals surface area contributed by atoms with Gasteiger partial charge >= 0.3 is 0 Å². The molecule has 0 fully saturated rings. The van der Waals surface area contributed by atoms with Crippen LogP contribution < -0.4 is 0 Å². The molecule has 0 atom stereocenters. The maximum absolute atomic E-state index is 5.41. The summed E-state index contributed by atoms with van der Waals surface area (Å²) in [6.07, 6.45) is 4.04. The van der Waals surface area contributed by atoms with Gasteiger partial charge in [0.05, 0.1) is 5.52 Å². The van der Waals surface area contributed by atoms with E-state index in [1.807, 2.05) is 10.6 Å². The minimum absolute atomic E-state index is 0.661. The van der Waals surface area contributed by atoms with E-state index in [0.29, 0.717) is 4.77 Å². The minimum atomic E-state index is 0.661. The van der Waals surface area contributed by atoms with E-state index in [-0.39, 0.29) is 0 Å². The first-order chi connectivity index (χ1) is 9.69. The highest BCUT2D eigenvalue weighted by Crippen LogP contribution is 2.21. The van der Waals surface area contributed by atoms with Gasteiger partial charge in [0.15, 0.2) is 10.4 Å². The number of aromatic amines is 1. The van der Waals surface area contributed by atoms with Crippen molar-refractivity contribution in [1.82, 2.24) is 14.5 Å². The fourth-order valence-corrected chi connectivity index (χ4v) is 2.94. The molecule has 0 spiro atoms. The Hall–Kier alpha value is -1.46. The topological polar surface area (TPSA) is 33.6 Å². The molecule has 102 valence electrons. The van der Waals surface area contributed by atoms with Crippen molar-refractivity contribution in [1.29, 1.82) is 0 Å². The molecule has 0 bridgehead atoms. The number of rotatable bonds is 3. The first-order valence-electron chi connectivity index (χ1n) is 6.54. The summed E-state index contributed by atoms with van der Waals surface area (Å²) in [6, 6.07) is 10.5. The Balaban J connectivity index is 2.14. The molecule has 2 aromatic heterocycles. The predicted octanol–water partition coefficient (Wildman–Crippen LogP) is 4.80. The van der Waals surface area contributed by atoms with Crippen LogP contribution in [0.2, 0.25) is 0 Å². The molecule has 3 rings (SSSR count). The van der Waals surface area contributed by atoms with E-state index in [0.717, 1.165) is 34.2 Å². The Labute approximate surface area is 130 Å². The van der Waals surface area contributed by atoms with Gasteiger partial charge in [0.1, 0.15) is 0 Å². The third-order valence-corrected chi connectivity index (χ3v) is 3.94. The van der Waals surface area contributed by atoms with Crippen molar-refractivity contribution in [2.75, 3.05) is 0 Å². The Morgan fingerprint density at radius 3 is 2.75 bits per heavy atom. The van der Waals surface area contributed by atoms with Crippen molar-refractivity contribution in [3.05, 3.63) is 51.3 Å². The maximum Gasteiger partial charge on any atom is 0.183 e. The van der Waals surface area contributed by atoms with E-state index >= 15 is 0 Å². The molecule has 1 aromatic carbocycles. The number of hydrogen-bond donors (Lipinski definition) is 1. The van der Waals surface area contributed by atoms with Crippen molar-refractivity contribution in [3.8, 4) is 5.69 Å². The Morgan fingerprint density at radius 2 is 2.05 bits per heavy atom. The molecule has 3 aromatic rings. The van der Waals surface area contributed by atoms with Crippen molar-refractivity contribution >= 4 is 39.3 Å². The number of fused-ring (bicyclic) bond motifs is 1. The number of nitrogens with one attached hydrogen (secondary N) is 1. The van der Waals surface area contributed by atoms with Crippen LogP contribution in [-0.2, 0) is 6.42 Å². The van der Waals surface area contributed by atoms with E-state index in [1.54, 1.807) is 6.20 Å². The molecule has 0 saturated carbocycles. The first-order valence-corrected chi connectivity index (χ1v) is 7.75. The van der Waals surface area contributed by atoms with Gasteiger partial charge in [-0.1, -0.05) is 25.5 Å². The lowest BCUT2D eigenvalue weighted by Crippen LogP contribution is -1.96. The lowest BCUT2D eigenvalue weighted by atomic mass is 10.1. The molecule has 3 nitrogen and oxygen atoms in total. The van der Waals surface area contributed by atoms with E-state index in [2.05, 4.69) is 57.1 Å². The lowest BCUT2D eigenvalue weighted by Gasteiger charge is -2.05. The third-order valence-electron chi connectivity index (χ3n) is 3.22. The molecular weight excluding hydrogens is 334 g/mol. The van der Waals surface area contributed by atoms with Gasteiger partial charge in [-0.25, -0.2) is 4.98 Å². The van der Waals surface area contributed by atoms with Gasteiger partial charge in [-0.15, -0.1) is 0 Å². The fraction of sp³-hybridized carbons (Fsp3) is 0.200. The summed E-state index contributed by atoms with van der Waals surface area (Å²) in [5.41, 5.74) is 4.16. The van der Waals surface area contributed by atoms with Gasteiger partial charge < -0.3 is 4.98 Å². The summed E-state index contributed by atoms with van der Waals surface area (Å²) >= 11 is 8.84. The van der Waals surface area contributed by atoms with Gasteiger partial charge in [0.25, 0.3) is 0 Å². The number of aromatic nitrogens is 3. The maximum atomic E-state index is 5.41. The quantitative estimate of drug-likeness (QED) is 0.690. The molecule has 0 saturated heterocycles. The second-order valence-electron chi connectivity index (χ2n) is 4.71. The molecule has 5 heteroatoms. The standard InChI is InChI=1S/C15H14BrN3S/c1-2-3-10-4-6-12(7-5-10)19-14-13(18-15(19)20)8-11(16)9-17-14/h4-9H,2-3H2,1H3,(H,18,20). The minimum Gasteiger partial charge on any atom is -0.329 e. The number of aryl methyl sites for hydroxylation is 1. The van der Waals surface area contributed by atoms with E-state index in [9.17, 15) is 0 Å². The highest BCUT2D eigenvalue weighted by molar-refractivity contribution is 9.10. The highest BCUT2D eigenvalue weighted by atomic mass is 79.9. The monoisotopic (exact) mass is 347 g/mol. The fourth-order valence-electron chi connectivity index (χ4n) is 2.31. The smallest absolute Gasteiger partial charge is 0.183 e. The number of halogens is 1. The Morgan fingerprint density at radius 1 is 1.30 bits per heavy atom. The van der Waals surface area contributed by atoms with Crippen LogP contribution in [0.25, 0.3) is 16.9 Å². The number of benzene rings is 1. The van der Waals surface area contributed by atoms with Crippen molar-refractivity contribution in [2.45, 2.75) is 19.8 Å². The second-order valence-corrected chi connectivity index (χ2v) is 6.01. The average Bonchev–Trinajstić information content (AvgIpc) is 2.75. The summed E-state index contributed by atoms with van der Waals surface area (Å²) < 4.78 is 3.56. The summed E-state index contributed by atoms with van der Waals surface area (Å²) in [6.45, 7) is 2.19. The Kier molecular flexibility index (Phi) is 3.72.